The van der Waals surface area contributed by atoms with Crippen LogP contribution in [0.5, 0.6) is 0 Å². The van der Waals surface area contributed by atoms with Crippen LogP contribution >= 0.6 is 0 Å². The third kappa shape index (κ3) is 1.79. The molecule has 0 unspecified atom stereocenters. The van der Waals surface area contributed by atoms with Gasteiger partial charge >= 0.3 is 0 Å². The molecule has 0 saturated heterocycles. The Labute approximate surface area is 87.2 Å². The standard InChI is InChI=1S/C11H11N3O/c1-2-3-8-11(15)14-10-7-5-4-6-9(10)12-13-14/h2,4-7H,1,3,8H2. The molecule has 0 aliphatic heterocycles. The summed E-state index contributed by atoms with van der Waals surface area (Å²) in [7, 11) is 0. The number of rotatable bonds is 3. The molecular formula is C11H11N3O. The molecule has 2 aromatic rings. The quantitative estimate of drug-likeness (QED) is 0.714. The van der Waals surface area contributed by atoms with Crippen LogP contribution in [0.4, 0.5) is 0 Å². The predicted molar refractivity (Wildman–Crippen MR) is 57.6 cm³/mol. The van der Waals surface area contributed by atoms with E-state index >= 15 is 0 Å². The molecule has 0 radical (unpaired) electrons. The fourth-order valence-corrected chi connectivity index (χ4v) is 1.38. The van der Waals surface area contributed by atoms with Crippen LogP contribution in [0.1, 0.15) is 17.6 Å². The monoisotopic (exact) mass is 201 g/mol. The van der Waals surface area contributed by atoms with Crippen molar-refractivity contribution in [2.24, 2.45) is 0 Å². The molecular weight excluding hydrogens is 190 g/mol. The van der Waals surface area contributed by atoms with Crippen molar-refractivity contribution in [2.45, 2.75) is 12.8 Å². The van der Waals surface area contributed by atoms with Crippen LogP contribution in [-0.4, -0.2) is 20.9 Å². The average Bonchev–Trinajstić information content (AvgIpc) is 2.69. The first kappa shape index (κ1) is 9.58. The van der Waals surface area contributed by atoms with E-state index in [-0.39, 0.29) is 5.91 Å². The highest BCUT2D eigenvalue weighted by molar-refractivity contribution is 5.88. The van der Waals surface area contributed by atoms with Gasteiger partial charge in [-0.2, -0.15) is 4.68 Å². The lowest BCUT2D eigenvalue weighted by Gasteiger charge is -1.98. The number of nitrogens with zero attached hydrogens (tertiary/aromatic N) is 3. The predicted octanol–water partition coefficient (Wildman–Crippen LogP) is 2.04. The van der Waals surface area contributed by atoms with Gasteiger partial charge in [0.05, 0.1) is 5.52 Å². The van der Waals surface area contributed by atoms with Crippen molar-refractivity contribution in [3.63, 3.8) is 0 Å². The Morgan fingerprint density at radius 2 is 2.27 bits per heavy atom. The summed E-state index contributed by atoms with van der Waals surface area (Å²) in [4.78, 5) is 11.7. The van der Waals surface area contributed by atoms with E-state index in [9.17, 15) is 4.79 Å². The fraction of sp³-hybridized carbons (Fsp3) is 0.182. The van der Waals surface area contributed by atoms with E-state index < -0.39 is 0 Å². The van der Waals surface area contributed by atoms with Crippen LogP contribution in [0, 0.1) is 0 Å². The van der Waals surface area contributed by atoms with Crippen molar-refractivity contribution in [2.75, 3.05) is 0 Å². The Bertz CT molecular complexity index is 501. The number of hydrogen-bond acceptors (Lipinski definition) is 3. The molecule has 0 saturated carbocycles. The van der Waals surface area contributed by atoms with Gasteiger partial charge in [0.15, 0.2) is 0 Å². The van der Waals surface area contributed by atoms with Crippen LogP contribution in [0.3, 0.4) is 0 Å². The topological polar surface area (TPSA) is 47.8 Å². The minimum absolute atomic E-state index is 0.0522. The lowest BCUT2D eigenvalue weighted by molar-refractivity contribution is 0.0891. The third-order valence-electron chi connectivity index (χ3n) is 2.15. The van der Waals surface area contributed by atoms with Crippen molar-refractivity contribution in [3.05, 3.63) is 36.9 Å². The Morgan fingerprint density at radius 1 is 1.47 bits per heavy atom. The van der Waals surface area contributed by atoms with Gasteiger partial charge in [-0.25, -0.2) is 0 Å². The van der Waals surface area contributed by atoms with E-state index in [1.54, 1.807) is 6.08 Å². The minimum Gasteiger partial charge on any atom is -0.272 e. The van der Waals surface area contributed by atoms with Crippen LogP contribution < -0.4 is 0 Å². The summed E-state index contributed by atoms with van der Waals surface area (Å²) in [5.41, 5.74) is 1.50. The summed E-state index contributed by atoms with van der Waals surface area (Å²) in [5.74, 6) is -0.0522. The molecule has 0 atom stereocenters. The third-order valence-corrected chi connectivity index (χ3v) is 2.15. The van der Waals surface area contributed by atoms with E-state index in [1.807, 2.05) is 24.3 Å². The van der Waals surface area contributed by atoms with Gasteiger partial charge in [0, 0.05) is 6.42 Å². The zero-order chi connectivity index (χ0) is 10.7. The zero-order valence-corrected chi connectivity index (χ0v) is 8.26. The summed E-state index contributed by atoms with van der Waals surface area (Å²) in [6, 6.07) is 7.40. The van der Waals surface area contributed by atoms with E-state index in [0.29, 0.717) is 12.8 Å². The van der Waals surface area contributed by atoms with Crippen molar-refractivity contribution in [1.29, 1.82) is 0 Å². The average molecular weight is 201 g/mol. The highest BCUT2D eigenvalue weighted by atomic mass is 16.2. The van der Waals surface area contributed by atoms with E-state index in [1.165, 1.54) is 4.68 Å². The second kappa shape index (κ2) is 4.04. The van der Waals surface area contributed by atoms with E-state index in [2.05, 4.69) is 16.9 Å². The van der Waals surface area contributed by atoms with Gasteiger partial charge in [0.1, 0.15) is 5.52 Å². The summed E-state index contributed by atoms with van der Waals surface area (Å²) in [5, 5.41) is 7.75. The van der Waals surface area contributed by atoms with Crippen LogP contribution in [0.2, 0.25) is 0 Å². The van der Waals surface area contributed by atoms with Crippen LogP contribution in [0.15, 0.2) is 36.9 Å². The van der Waals surface area contributed by atoms with Crippen molar-refractivity contribution < 1.29 is 4.79 Å². The molecule has 2 rings (SSSR count). The van der Waals surface area contributed by atoms with Crippen LogP contribution in [0.25, 0.3) is 11.0 Å². The molecule has 1 aromatic heterocycles. The second-order valence-electron chi connectivity index (χ2n) is 3.21. The van der Waals surface area contributed by atoms with Gasteiger partial charge in [-0.3, -0.25) is 4.79 Å². The second-order valence-corrected chi connectivity index (χ2v) is 3.21. The van der Waals surface area contributed by atoms with Crippen LogP contribution in [-0.2, 0) is 0 Å². The van der Waals surface area contributed by atoms with Crippen molar-refractivity contribution in [1.82, 2.24) is 15.0 Å². The first-order valence-electron chi connectivity index (χ1n) is 4.77. The molecule has 4 nitrogen and oxygen atoms in total. The minimum atomic E-state index is -0.0522. The smallest absolute Gasteiger partial charge is 0.249 e. The number of aromatic nitrogens is 3. The fourth-order valence-electron chi connectivity index (χ4n) is 1.38. The van der Waals surface area contributed by atoms with E-state index in [0.717, 1.165) is 11.0 Å². The number of hydrogen-bond donors (Lipinski definition) is 0. The number of fused-ring (bicyclic) bond motifs is 1. The summed E-state index contributed by atoms with van der Waals surface area (Å²) in [6.45, 7) is 3.58. The molecule has 0 aliphatic rings. The lowest BCUT2D eigenvalue weighted by atomic mass is 10.3. The number of carbonyl (C=O) groups is 1. The Hall–Kier alpha value is -1.97. The molecule has 0 aliphatic carbocycles. The highest BCUT2D eigenvalue weighted by Crippen LogP contribution is 2.10. The highest BCUT2D eigenvalue weighted by Gasteiger charge is 2.09. The molecule has 0 amide bonds. The molecule has 15 heavy (non-hydrogen) atoms. The molecule has 0 N–H and O–H groups in total. The Balaban J connectivity index is 2.35. The zero-order valence-electron chi connectivity index (χ0n) is 8.26. The summed E-state index contributed by atoms with van der Waals surface area (Å²) < 4.78 is 1.35. The number of allylic oxidation sites excluding steroid dienone is 1. The number of para-hydroxylation sites is 1. The maximum absolute atomic E-state index is 11.7. The van der Waals surface area contributed by atoms with Gasteiger partial charge in [-0.15, -0.1) is 11.7 Å². The van der Waals surface area contributed by atoms with Gasteiger partial charge in [-0.05, 0) is 18.6 Å². The first-order chi connectivity index (χ1) is 7.33. The molecule has 0 bridgehead atoms. The Morgan fingerprint density at radius 3 is 3.07 bits per heavy atom. The first-order valence-corrected chi connectivity index (χ1v) is 4.77. The van der Waals surface area contributed by atoms with E-state index in [4.69, 9.17) is 0 Å². The molecule has 76 valence electrons. The SMILES string of the molecule is C=CCCC(=O)n1nnc2ccccc21. The maximum Gasteiger partial charge on any atom is 0.249 e. The number of carbonyl (C=O) groups excluding carboxylic acids is 1. The molecule has 0 fully saturated rings. The maximum atomic E-state index is 11.7. The van der Waals surface area contributed by atoms with Gasteiger partial charge in [-0.1, -0.05) is 23.4 Å². The lowest BCUT2D eigenvalue weighted by Crippen LogP contribution is -2.11. The van der Waals surface area contributed by atoms with Gasteiger partial charge in [0.25, 0.3) is 0 Å². The molecule has 4 heteroatoms. The molecule has 0 spiro atoms. The van der Waals surface area contributed by atoms with Crippen molar-refractivity contribution in [3.8, 4) is 0 Å². The summed E-state index contributed by atoms with van der Waals surface area (Å²) in [6.07, 6.45) is 2.79. The van der Waals surface area contributed by atoms with Crippen molar-refractivity contribution >= 4 is 16.9 Å². The molecule has 1 aromatic carbocycles. The summed E-state index contributed by atoms with van der Waals surface area (Å²) >= 11 is 0. The molecule has 1 heterocycles. The number of benzene rings is 1. The largest absolute Gasteiger partial charge is 0.272 e. The normalized spacial score (nSPS) is 10.4. The van der Waals surface area contributed by atoms with Gasteiger partial charge < -0.3 is 0 Å². The van der Waals surface area contributed by atoms with Gasteiger partial charge in [0.2, 0.25) is 5.91 Å². The Kier molecular flexibility index (Phi) is 2.58.